The molecule has 24 heavy (non-hydrogen) atoms. The first-order valence-electron chi connectivity index (χ1n) is 7.82. The van der Waals surface area contributed by atoms with Crippen molar-refractivity contribution in [2.24, 2.45) is 0 Å². The largest absolute Gasteiger partial charge is 0.416 e. The summed E-state index contributed by atoms with van der Waals surface area (Å²) in [6.07, 6.45) is -2.12. The van der Waals surface area contributed by atoms with Crippen LogP contribution in [0.3, 0.4) is 0 Å². The summed E-state index contributed by atoms with van der Waals surface area (Å²) in [5.41, 5.74) is -0.168. The van der Waals surface area contributed by atoms with E-state index in [0.717, 1.165) is 38.1 Å². The molecule has 0 radical (unpaired) electrons. The topological polar surface area (TPSA) is 58.9 Å². The molecule has 2 aromatic rings. The number of aromatic nitrogens is 4. The van der Waals surface area contributed by atoms with Gasteiger partial charge < -0.3 is 5.32 Å². The molecule has 3 rings (SSSR count). The number of halogens is 3. The number of likely N-dealkylation sites (N-methyl/N-ethyl adjacent to an activating group) is 1. The fourth-order valence-corrected chi connectivity index (χ4v) is 2.93. The lowest BCUT2D eigenvalue weighted by atomic mass is 10.1. The normalized spacial score (nSPS) is 19.6. The van der Waals surface area contributed by atoms with Crippen LogP contribution < -0.4 is 5.32 Å². The summed E-state index contributed by atoms with van der Waals surface area (Å²) in [4.78, 5) is 2.25. The van der Waals surface area contributed by atoms with Gasteiger partial charge in [0.15, 0.2) is 5.82 Å². The van der Waals surface area contributed by atoms with Crippen molar-refractivity contribution in [2.45, 2.75) is 31.6 Å². The van der Waals surface area contributed by atoms with Crippen LogP contribution in [0.1, 0.15) is 24.2 Å². The maximum atomic E-state index is 12.7. The van der Waals surface area contributed by atoms with Crippen LogP contribution in [0.25, 0.3) is 5.69 Å². The van der Waals surface area contributed by atoms with Crippen molar-refractivity contribution in [2.75, 3.05) is 20.1 Å². The molecule has 0 aliphatic carbocycles. The Hall–Kier alpha value is -2.00. The quantitative estimate of drug-likeness (QED) is 0.921. The number of tetrazole rings is 1. The molecular formula is C15H19F3N6. The molecule has 9 heteroatoms. The Morgan fingerprint density at radius 1 is 1.25 bits per heavy atom. The van der Waals surface area contributed by atoms with Crippen molar-refractivity contribution in [3.63, 3.8) is 0 Å². The molecule has 0 amide bonds. The van der Waals surface area contributed by atoms with Crippen molar-refractivity contribution < 1.29 is 13.2 Å². The van der Waals surface area contributed by atoms with Gasteiger partial charge >= 0.3 is 6.18 Å². The summed E-state index contributed by atoms with van der Waals surface area (Å²) in [5, 5.41) is 14.9. The van der Waals surface area contributed by atoms with Crippen LogP contribution >= 0.6 is 0 Å². The molecule has 6 nitrogen and oxygen atoms in total. The van der Waals surface area contributed by atoms with E-state index in [1.807, 2.05) is 7.05 Å². The number of piperidine rings is 1. The summed E-state index contributed by atoms with van der Waals surface area (Å²) in [6, 6.07) is 5.29. The van der Waals surface area contributed by atoms with Gasteiger partial charge in [-0.25, -0.2) is 0 Å². The molecule has 0 spiro atoms. The molecule has 1 atom stereocenters. The lowest BCUT2D eigenvalue weighted by Crippen LogP contribution is -2.44. The number of hydrogen-bond donors (Lipinski definition) is 1. The van der Waals surface area contributed by atoms with Crippen molar-refractivity contribution >= 4 is 0 Å². The van der Waals surface area contributed by atoms with E-state index < -0.39 is 11.7 Å². The van der Waals surface area contributed by atoms with Gasteiger partial charge in [0.05, 0.1) is 17.8 Å². The Morgan fingerprint density at radius 2 is 2.00 bits per heavy atom. The minimum Gasteiger partial charge on any atom is -0.316 e. The van der Waals surface area contributed by atoms with E-state index in [1.54, 1.807) is 0 Å². The Kier molecular flexibility index (Phi) is 4.81. The van der Waals surface area contributed by atoms with Crippen LogP contribution in [-0.4, -0.2) is 51.3 Å². The molecule has 130 valence electrons. The monoisotopic (exact) mass is 340 g/mol. The van der Waals surface area contributed by atoms with Crippen molar-refractivity contribution in [1.82, 2.24) is 30.4 Å². The highest BCUT2D eigenvalue weighted by Gasteiger charge is 2.30. The zero-order valence-corrected chi connectivity index (χ0v) is 13.3. The third-order valence-corrected chi connectivity index (χ3v) is 4.25. The lowest BCUT2D eigenvalue weighted by molar-refractivity contribution is -0.137. The summed E-state index contributed by atoms with van der Waals surface area (Å²) in [5.74, 6) is 0.617. The minimum atomic E-state index is -4.35. The molecule has 2 heterocycles. The molecular weight excluding hydrogens is 321 g/mol. The molecule has 1 aromatic heterocycles. The van der Waals surface area contributed by atoms with E-state index >= 15 is 0 Å². The van der Waals surface area contributed by atoms with E-state index in [-0.39, 0.29) is 0 Å². The van der Waals surface area contributed by atoms with Gasteiger partial charge in [-0.2, -0.15) is 17.9 Å². The van der Waals surface area contributed by atoms with Crippen molar-refractivity contribution in [3.05, 3.63) is 35.7 Å². The van der Waals surface area contributed by atoms with Crippen molar-refractivity contribution in [1.29, 1.82) is 0 Å². The second-order valence-corrected chi connectivity index (χ2v) is 5.91. The van der Waals surface area contributed by atoms with Gasteiger partial charge in [-0.3, -0.25) is 4.90 Å². The number of rotatable bonds is 4. The predicted octanol–water partition coefficient (Wildman–Crippen LogP) is 1.86. The molecule has 0 bridgehead atoms. The van der Waals surface area contributed by atoms with Gasteiger partial charge in [0.25, 0.3) is 0 Å². The van der Waals surface area contributed by atoms with Gasteiger partial charge in [0.1, 0.15) is 0 Å². The van der Waals surface area contributed by atoms with Crippen molar-refractivity contribution in [3.8, 4) is 5.69 Å². The van der Waals surface area contributed by atoms with Gasteiger partial charge in [0, 0.05) is 12.6 Å². The Balaban J connectivity index is 1.75. The molecule has 1 aliphatic rings. The van der Waals surface area contributed by atoms with Crippen LogP contribution in [-0.2, 0) is 12.7 Å². The minimum absolute atomic E-state index is 0.439. The average Bonchev–Trinajstić information content (AvgIpc) is 3.02. The summed E-state index contributed by atoms with van der Waals surface area (Å²) < 4.78 is 39.5. The van der Waals surface area contributed by atoms with E-state index in [0.29, 0.717) is 24.1 Å². The van der Waals surface area contributed by atoms with Crippen LogP contribution in [0.15, 0.2) is 24.3 Å². The fraction of sp³-hybridized carbons (Fsp3) is 0.533. The number of likely N-dealkylation sites (tertiary alicyclic amines) is 1. The number of nitrogens with one attached hydrogen (secondary N) is 1. The van der Waals surface area contributed by atoms with E-state index in [1.165, 1.54) is 16.8 Å². The first-order valence-corrected chi connectivity index (χ1v) is 7.82. The standard InChI is InChI=1S/C15H19F3N6/c1-19-12-3-2-8-23(9-12)10-14-20-21-22-24(14)13-6-4-11(5-7-13)15(16,17)18/h4-7,12,19H,2-3,8-10H2,1H3. The molecule has 1 N–H and O–H groups in total. The lowest BCUT2D eigenvalue weighted by Gasteiger charge is -2.31. The highest BCUT2D eigenvalue weighted by Crippen LogP contribution is 2.29. The maximum Gasteiger partial charge on any atom is 0.416 e. The second-order valence-electron chi connectivity index (χ2n) is 5.91. The number of nitrogens with zero attached hydrogens (tertiary/aromatic N) is 5. The molecule has 1 saturated heterocycles. The molecule has 1 fully saturated rings. The van der Waals surface area contributed by atoms with Crippen LogP contribution in [0.5, 0.6) is 0 Å². The number of hydrogen-bond acceptors (Lipinski definition) is 5. The smallest absolute Gasteiger partial charge is 0.316 e. The van der Waals surface area contributed by atoms with E-state index in [4.69, 9.17) is 0 Å². The molecule has 1 aromatic carbocycles. The Morgan fingerprint density at radius 3 is 2.67 bits per heavy atom. The third-order valence-electron chi connectivity index (χ3n) is 4.25. The SMILES string of the molecule is CNC1CCCN(Cc2nnnn2-c2ccc(C(F)(F)F)cc2)C1. The Labute approximate surface area is 137 Å². The predicted molar refractivity (Wildman–Crippen MR) is 81.5 cm³/mol. The summed E-state index contributed by atoms with van der Waals surface area (Å²) in [6.45, 7) is 2.42. The highest BCUT2D eigenvalue weighted by molar-refractivity contribution is 5.35. The second kappa shape index (κ2) is 6.86. The summed E-state index contributed by atoms with van der Waals surface area (Å²) >= 11 is 0. The zero-order valence-electron chi connectivity index (χ0n) is 13.3. The first kappa shape index (κ1) is 16.8. The van der Waals surface area contributed by atoms with E-state index in [2.05, 4.69) is 25.7 Å². The maximum absolute atomic E-state index is 12.7. The Bertz CT molecular complexity index is 667. The number of benzene rings is 1. The zero-order chi connectivity index (χ0) is 17.2. The van der Waals surface area contributed by atoms with Gasteiger partial charge in [-0.05, 0) is 61.1 Å². The molecule has 1 aliphatic heterocycles. The number of alkyl halides is 3. The molecule has 1 unspecified atom stereocenters. The van der Waals surface area contributed by atoms with Gasteiger partial charge in [0.2, 0.25) is 0 Å². The fourth-order valence-electron chi connectivity index (χ4n) is 2.93. The van der Waals surface area contributed by atoms with Gasteiger partial charge in [-0.1, -0.05) is 0 Å². The van der Waals surface area contributed by atoms with Gasteiger partial charge in [-0.15, -0.1) is 5.10 Å². The highest BCUT2D eigenvalue weighted by atomic mass is 19.4. The average molecular weight is 340 g/mol. The van der Waals surface area contributed by atoms with Crippen LogP contribution in [0.4, 0.5) is 13.2 Å². The third kappa shape index (κ3) is 3.73. The van der Waals surface area contributed by atoms with Crippen LogP contribution in [0, 0.1) is 0 Å². The summed E-state index contributed by atoms with van der Waals surface area (Å²) in [7, 11) is 1.94. The molecule has 0 saturated carbocycles. The van der Waals surface area contributed by atoms with E-state index in [9.17, 15) is 13.2 Å². The first-order chi connectivity index (χ1) is 11.5. The van der Waals surface area contributed by atoms with Crippen LogP contribution in [0.2, 0.25) is 0 Å².